The standard InChI is InChI=1S/C20H16ClF3N2O6/c1-29-18(27)14-9-31-10-26(17(14)19(28)30-2)12-3-5-13(6-4-12)32-16-8-11(20(22,23)24)7-15(21)25-16/h3-8H,9-10H2,1-2H3. The summed E-state index contributed by atoms with van der Waals surface area (Å²) in [6.45, 7) is -0.202. The second kappa shape index (κ2) is 9.45. The number of methoxy groups -OCH3 is 2. The Kier molecular flexibility index (Phi) is 6.90. The van der Waals surface area contributed by atoms with Crippen molar-refractivity contribution in [1.82, 2.24) is 4.98 Å². The van der Waals surface area contributed by atoms with Gasteiger partial charge in [0.15, 0.2) is 0 Å². The lowest BCUT2D eigenvalue weighted by molar-refractivity contribution is -0.140. The van der Waals surface area contributed by atoms with Crippen molar-refractivity contribution in [2.75, 3.05) is 32.5 Å². The summed E-state index contributed by atoms with van der Waals surface area (Å²) in [6, 6.07) is 7.31. The minimum Gasteiger partial charge on any atom is -0.466 e. The molecule has 0 amide bonds. The lowest BCUT2D eigenvalue weighted by atomic mass is 10.1. The quantitative estimate of drug-likeness (QED) is 0.478. The van der Waals surface area contributed by atoms with Gasteiger partial charge in [-0.05, 0) is 30.3 Å². The zero-order valence-corrected chi connectivity index (χ0v) is 17.5. The third-order valence-electron chi connectivity index (χ3n) is 4.30. The average molecular weight is 473 g/mol. The molecule has 2 heterocycles. The number of pyridine rings is 1. The van der Waals surface area contributed by atoms with Gasteiger partial charge >= 0.3 is 18.1 Å². The van der Waals surface area contributed by atoms with Crippen molar-refractivity contribution in [1.29, 1.82) is 0 Å². The first-order valence-corrected chi connectivity index (χ1v) is 9.29. The van der Waals surface area contributed by atoms with Gasteiger partial charge in [-0.2, -0.15) is 13.2 Å². The van der Waals surface area contributed by atoms with Gasteiger partial charge in [0.2, 0.25) is 5.88 Å². The number of rotatable bonds is 5. The van der Waals surface area contributed by atoms with Crippen LogP contribution in [0.2, 0.25) is 5.15 Å². The van der Waals surface area contributed by atoms with Crippen molar-refractivity contribution >= 4 is 29.2 Å². The van der Waals surface area contributed by atoms with Crippen LogP contribution in [0.5, 0.6) is 11.6 Å². The van der Waals surface area contributed by atoms with E-state index in [0.717, 1.165) is 6.07 Å². The number of benzene rings is 1. The predicted octanol–water partition coefficient (Wildman–Crippen LogP) is 3.94. The SMILES string of the molecule is COC(=O)C1=C(C(=O)OC)N(c2ccc(Oc3cc(C(F)(F)F)cc(Cl)n3)cc2)COC1. The molecule has 8 nitrogen and oxygen atoms in total. The van der Waals surface area contributed by atoms with Gasteiger partial charge in [0.05, 0.1) is 32.0 Å². The van der Waals surface area contributed by atoms with Gasteiger partial charge in [0, 0.05) is 11.8 Å². The van der Waals surface area contributed by atoms with E-state index < -0.39 is 23.7 Å². The highest BCUT2D eigenvalue weighted by molar-refractivity contribution is 6.29. The van der Waals surface area contributed by atoms with E-state index in [1.54, 1.807) is 0 Å². The number of carbonyl (C=O) groups is 2. The molecule has 32 heavy (non-hydrogen) atoms. The summed E-state index contributed by atoms with van der Waals surface area (Å²) in [7, 11) is 2.34. The summed E-state index contributed by atoms with van der Waals surface area (Å²) in [6.07, 6.45) is -4.61. The fourth-order valence-electron chi connectivity index (χ4n) is 2.85. The largest absolute Gasteiger partial charge is 0.466 e. The first-order valence-electron chi connectivity index (χ1n) is 8.91. The number of hydrogen-bond donors (Lipinski definition) is 0. The highest BCUT2D eigenvalue weighted by Gasteiger charge is 2.33. The molecule has 0 N–H and O–H groups in total. The summed E-state index contributed by atoms with van der Waals surface area (Å²) in [5, 5.41) is -0.375. The van der Waals surface area contributed by atoms with Gasteiger partial charge < -0.3 is 23.8 Å². The maximum absolute atomic E-state index is 13.0. The van der Waals surface area contributed by atoms with Crippen molar-refractivity contribution in [3.8, 4) is 11.6 Å². The van der Waals surface area contributed by atoms with Crippen LogP contribution in [0, 0.1) is 0 Å². The molecule has 0 saturated heterocycles. The highest BCUT2D eigenvalue weighted by atomic mass is 35.5. The molecule has 0 radical (unpaired) electrons. The first-order chi connectivity index (χ1) is 15.1. The van der Waals surface area contributed by atoms with Crippen LogP contribution in [0.4, 0.5) is 18.9 Å². The molecular formula is C20H16ClF3N2O6. The first kappa shape index (κ1) is 23.4. The van der Waals surface area contributed by atoms with Crippen LogP contribution < -0.4 is 9.64 Å². The molecule has 0 spiro atoms. The van der Waals surface area contributed by atoms with Crippen LogP contribution in [-0.2, 0) is 30.0 Å². The van der Waals surface area contributed by atoms with Crippen molar-refractivity contribution in [3.05, 3.63) is 58.4 Å². The topological polar surface area (TPSA) is 87.2 Å². The monoisotopic (exact) mass is 472 g/mol. The number of ether oxygens (including phenoxy) is 4. The number of anilines is 1. The van der Waals surface area contributed by atoms with Gasteiger partial charge in [-0.3, -0.25) is 0 Å². The van der Waals surface area contributed by atoms with E-state index in [2.05, 4.69) is 4.98 Å². The van der Waals surface area contributed by atoms with E-state index in [0.29, 0.717) is 11.8 Å². The highest BCUT2D eigenvalue weighted by Crippen LogP contribution is 2.34. The van der Waals surface area contributed by atoms with E-state index in [1.165, 1.54) is 43.4 Å². The minimum absolute atomic E-state index is 0.0197. The number of esters is 2. The molecule has 0 aliphatic carbocycles. The number of carbonyl (C=O) groups excluding carboxylic acids is 2. The Bertz CT molecular complexity index is 1060. The molecule has 0 atom stereocenters. The summed E-state index contributed by atoms with van der Waals surface area (Å²) in [5.41, 5.74) is -0.647. The van der Waals surface area contributed by atoms with E-state index >= 15 is 0 Å². The van der Waals surface area contributed by atoms with Crippen molar-refractivity contribution in [3.63, 3.8) is 0 Å². The Morgan fingerprint density at radius 2 is 1.75 bits per heavy atom. The average Bonchev–Trinajstić information content (AvgIpc) is 2.77. The van der Waals surface area contributed by atoms with E-state index in [9.17, 15) is 22.8 Å². The molecule has 1 aromatic carbocycles. The molecule has 2 aromatic rings. The van der Waals surface area contributed by atoms with Crippen LogP contribution >= 0.6 is 11.6 Å². The van der Waals surface area contributed by atoms with Crippen LogP contribution in [-0.4, -0.2) is 44.5 Å². The Morgan fingerprint density at radius 3 is 2.34 bits per heavy atom. The summed E-state index contributed by atoms with van der Waals surface area (Å²) >= 11 is 5.66. The smallest absolute Gasteiger partial charge is 0.416 e. The maximum atomic E-state index is 13.0. The molecule has 0 unspecified atom stereocenters. The Hall–Kier alpha value is -3.31. The summed E-state index contributed by atoms with van der Waals surface area (Å²) in [4.78, 5) is 29.5. The number of alkyl halides is 3. The normalized spacial score (nSPS) is 14.2. The Labute approximate surface area is 185 Å². The summed E-state index contributed by atoms with van der Waals surface area (Å²) < 4.78 is 59.1. The van der Waals surface area contributed by atoms with Gasteiger partial charge in [0.25, 0.3) is 0 Å². The number of halogens is 4. The van der Waals surface area contributed by atoms with E-state index in [1.807, 2.05) is 0 Å². The van der Waals surface area contributed by atoms with Crippen LogP contribution in [0.15, 0.2) is 47.7 Å². The summed E-state index contributed by atoms with van der Waals surface area (Å²) in [5.74, 6) is -1.70. The molecule has 170 valence electrons. The second-order valence-corrected chi connectivity index (χ2v) is 6.71. The van der Waals surface area contributed by atoms with Gasteiger partial charge in [0.1, 0.15) is 23.3 Å². The molecule has 12 heteroatoms. The minimum atomic E-state index is -4.61. The number of nitrogens with zero attached hydrogens (tertiary/aromatic N) is 2. The van der Waals surface area contributed by atoms with Gasteiger partial charge in [-0.25, -0.2) is 14.6 Å². The predicted molar refractivity (Wildman–Crippen MR) is 105 cm³/mol. The van der Waals surface area contributed by atoms with E-state index in [4.69, 9.17) is 30.5 Å². The molecular weight excluding hydrogens is 457 g/mol. The molecule has 0 fully saturated rings. The third-order valence-corrected chi connectivity index (χ3v) is 4.50. The van der Waals surface area contributed by atoms with E-state index in [-0.39, 0.29) is 41.4 Å². The van der Waals surface area contributed by atoms with Gasteiger partial charge in [-0.1, -0.05) is 11.6 Å². The lowest BCUT2D eigenvalue weighted by Crippen LogP contribution is -2.38. The van der Waals surface area contributed by atoms with Gasteiger partial charge in [-0.15, -0.1) is 0 Å². The molecule has 0 saturated carbocycles. The Balaban J connectivity index is 1.89. The van der Waals surface area contributed by atoms with Crippen molar-refractivity contribution in [2.45, 2.75) is 6.18 Å². The second-order valence-electron chi connectivity index (χ2n) is 6.33. The molecule has 3 rings (SSSR count). The van der Waals surface area contributed by atoms with Crippen LogP contribution in [0.1, 0.15) is 5.56 Å². The Morgan fingerprint density at radius 1 is 1.09 bits per heavy atom. The molecule has 1 aromatic heterocycles. The molecule has 0 bridgehead atoms. The van der Waals surface area contributed by atoms with Crippen LogP contribution in [0.25, 0.3) is 0 Å². The zero-order chi connectivity index (χ0) is 23.5. The fraction of sp³-hybridized carbons (Fsp3) is 0.250. The fourth-order valence-corrected chi connectivity index (χ4v) is 3.05. The molecule has 1 aliphatic rings. The number of aromatic nitrogens is 1. The van der Waals surface area contributed by atoms with Crippen molar-refractivity contribution < 1.29 is 41.7 Å². The number of hydrogen-bond acceptors (Lipinski definition) is 8. The lowest BCUT2D eigenvalue weighted by Gasteiger charge is -2.31. The van der Waals surface area contributed by atoms with Crippen LogP contribution in [0.3, 0.4) is 0 Å². The third kappa shape index (κ3) is 5.11. The van der Waals surface area contributed by atoms with Crippen molar-refractivity contribution in [2.24, 2.45) is 0 Å². The maximum Gasteiger partial charge on any atom is 0.416 e. The molecule has 1 aliphatic heterocycles. The zero-order valence-electron chi connectivity index (χ0n) is 16.7.